The highest BCUT2D eigenvalue weighted by atomic mass is 15.5. The molecule has 1 aromatic heterocycles. The quantitative estimate of drug-likeness (QED) is 0.932. The van der Waals surface area contributed by atoms with Crippen molar-refractivity contribution in [1.82, 2.24) is 20.0 Å². The molecule has 0 aliphatic carbocycles. The van der Waals surface area contributed by atoms with Crippen LogP contribution >= 0.6 is 0 Å². The highest BCUT2D eigenvalue weighted by molar-refractivity contribution is 5.75. The van der Waals surface area contributed by atoms with Crippen LogP contribution in [0.4, 0.5) is 0 Å². The van der Waals surface area contributed by atoms with Gasteiger partial charge in [-0.05, 0) is 38.8 Å². The lowest BCUT2D eigenvalue weighted by atomic mass is 10.00. The average molecular weight is 272 g/mol. The number of fused-ring (bicyclic) bond motifs is 1. The van der Waals surface area contributed by atoms with Gasteiger partial charge in [-0.2, -0.15) is 0 Å². The summed E-state index contributed by atoms with van der Waals surface area (Å²) in [6, 6.07) is 9.52. The monoisotopic (exact) mass is 272 g/mol. The Morgan fingerprint density at radius 2 is 1.90 bits per heavy atom. The average Bonchev–Trinajstić information content (AvgIpc) is 2.76. The molecule has 1 aliphatic rings. The number of para-hydroxylation sites is 2. The number of nitrogens with one attached hydrogen (secondary N) is 1. The molecule has 1 aromatic carbocycles. The third kappa shape index (κ3) is 2.45. The molecule has 4 nitrogen and oxygen atoms in total. The van der Waals surface area contributed by atoms with E-state index < -0.39 is 0 Å². The Balaban J connectivity index is 1.75. The molecule has 2 atom stereocenters. The van der Waals surface area contributed by atoms with E-state index in [1.165, 1.54) is 24.8 Å². The fourth-order valence-electron chi connectivity index (χ4n) is 3.25. The van der Waals surface area contributed by atoms with Crippen LogP contribution in [-0.2, 0) is 13.6 Å². The number of piperidine rings is 1. The fourth-order valence-corrected chi connectivity index (χ4v) is 3.25. The summed E-state index contributed by atoms with van der Waals surface area (Å²) < 4.78 is 2.18. The summed E-state index contributed by atoms with van der Waals surface area (Å²) in [5, 5.41) is 2.41. The minimum atomic E-state index is 0.605. The van der Waals surface area contributed by atoms with E-state index in [2.05, 4.69) is 54.1 Å². The Kier molecular flexibility index (Phi) is 3.76. The molecule has 3 rings (SSSR count). The Hall–Kier alpha value is -1.39. The van der Waals surface area contributed by atoms with Crippen LogP contribution in [0.1, 0.15) is 38.9 Å². The highest BCUT2D eigenvalue weighted by Gasteiger charge is 2.24. The number of hydrazine groups is 1. The van der Waals surface area contributed by atoms with E-state index in [1.54, 1.807) is 0 Å². The zero-order valence-corrected chi connectivity index (χ0v) is 12.6. The van der Waals surface area contributed by atoms with Crippen LogP contribution in [-0.4, -0.2) is 26.6 Å². The first-order chi connectivity index (χ1) is 9.66. The van der Waals surface area contributed by atoms with Crippen molar-refractivity contribution >= 4 is 11.0 Å². The maximum atomic E-state index is 4.72. The predicted octanol–water partition coefficient (Wildman–Crippen LogP) is 2.84. The summed E-state index contributed by atoms with van der Waals surface area (Å²) in [7, 11) is 2.09. The fraction of sp³-hybridized carbons (Fsp3) is 0.562. The summed E-state index contributed by atoms with van der Waals surface area (Å²) >= 11 is 0. The Bertz CT molecular complexity index is 579. The Morgan fingerprint density at radius 3 is 2.60 bits per heavy atom. The molecule has 2 unspecified atom stereocenters. The van der Waals surface area contributed by atoms with Crippen LogP contribution in [0.3, 0.4) is 0 Å². The van der Waals surface area contributed by atoms with E-state index >= 15 is 0 Å². The molecule has 1 fully saturated rings. The van der Waals surface area contributed by atoms with Gasteiger partial charge in [-0.15, -0.1) is 0 Å². The molecular weight excluding hydrogens is 248 g/mol. The summed E-state index contributed by atoms with van der Waals surface area (Å²) in [6.07, 6.45) is 3.90. The molecule has 2 heterocycles. The van der Waals surface area contributed by atoms with Gasteiger partial charge in [0, 0.05) is 19.1 Å². The van der Waals surface area contributed by atoms with Crippen LogP contribution < -0.4 is 5.43 Å². The summed E-state index contributed by atoms with van der Waals surface area (Å²) in [4.78, 5) is 4.72. The number of hydrogen-bond donors (Lipinski definition) is 1. The van der Waals surface area contributed by atoms with Crippen molar-refractivity contribution < 1.29 is 0 Å². The van der Waals surface area contributed by atoms with E-state index in [1.807, 2.05) is 6.07 Å². The molecule has 0 radical (unpaired) electrons. The molecule has 2 aromatic rings. The van der Waals surface area contributed by atoms with Gasteiger partial charge in [-0.1, -0.05) is 18.6 Å². The van der Waals surface area contributed by atoms with Crippen LogP contribution in [0.2, 0.25) is 0 Å². The largest absolute Gasteiger partial charge is 0.330 e. The second-order valence-corrected chi connectivity index (χ2v) is 5.95. The topological polar surface area (TPSA) is 33.1 Å². The van der Waals surface area contributed by atoms with Crippen molar-refractivity contribution in [3.05, 3.63) is 30.1 Å². The molecule has 0 bridgehead atoms. The number of imidazole rings is 1. The molecule has 0 saturated carbocycles. The van der Waals surface area contributed by atoms with Gasteiger partial charge in [-0.25, -0.2) is 15.4 Å². The number of hydrogen-bond acceptors (Lipinski definition) is 3. The molecule has 0 spiro atoms. The van der Waals surface area contributed by atoms with Gasteiger partial charge < -0.3 is 4.57 Å². The number of benzene rings is 1. The molecular formula is C16H24N4. The maximum Gasteiger partial charge on any atom is 0.125 e. The number of rotatable bonds is 3. The molecule has 20 heavy (non-hydrogen) atoms. The smallest absolute Gasteiger partial charge is 0.125 e. The lowest BCUT2D eigenvalue weighted by molar-refractivity contribution is 0.0424. The second-order valence-electron chi connectivity index (χ2n) is 5.95. The molecule has 4 heteroatoms. The first-order valence-corrected chi connectivity index (χ1v) is 7.59. The normalized spacial score (nSPS) is 24.4. The first kappa shape index (κ1) is 13.6. The predicted molar refractivity (Wildman–Crippen MR) is 82.2 cm³/mol. The maximum absolute atomic E-state index is 4.72. The molecule has 0 amide bonds. The minimum Gasteiger partial charge on any atom is -0.330 e. The zero-order valence-electron chi connectivity index (χ0n) is 12.6. The van der Waals surface area contributed by atoms with Gasteiger partial charge in [-0.3, -0.25) is 0 Å². The van der Waals surface area contributed by atoms with Crippen LogP contribution in [0.5, 0.6) is 0 Å². The SMILES string of the molecule is CC1CCCC(C)N1NCc1nc2ccccc2n1C. The number of nitrogens with zero attached hydrogens (tertiary/aromatic N) is 3. The molecule has 1 N–H and O–H groups in total. The van der Waals surface area contributed by atoms with Crippen LogP contribution in [0, 0.1) is 0 Å². The summed E-state index contributed by atoms with van der Waals surface area (Å²) in [5.41, 5.74) is 5.86. The van der Waals surface area contributed by atoms with Gasteiger partial charge in [0.05, 0.1) is 17.6 Å². The third-order valence-corrected chi connectivity index (χ3v) is 4.49. The first-order valence-electron chi connectivity index (χ1n) is 7.59. The lowest BCUT2D eigenvalue weighted by Gasteiger charge is -2.39. The van der Waals surface area contributed by atoms with E-state index in [4.69, 9.17) is 4.98 Å². The van der Waals surface area contributed by atoms with Gasteiger partial charge in [0.25, 0.3) is 0 Å². The summed E-state index contributed by atoms with van der Waals surface area (Å²) in [5.74, 6) is 1.09. The molecule has 108 valence electrons. The van der Waals surface area contributed by atoms with Crippen molar-refractivity contribution in [3.8, 4) is 0 Å². The van der Waals surface area contributed by atoms with Gasteiger partial charge in [0.15, 0.2) is 0 Å². The molecule has 1 saturated heterocycles. The van der Waals surface area contributed by atoms with E-state index in [-0.39, 0.29) is 0 Å². The van der Waals surface area contributed by atoms with Crippen LogP contribution in [0.15, 0.2) is 24.3 Å². The summed E-state index contributed by atoms with van der Waals surface area (Å²) in [6.45, 7) is 5.40. The van der Waals surface area contributed by atoms with Crippen molar-refractivity contribution in [1.29, 1.82) is 0 Å². The van der Waals surface area contributed by atoms with Crippen LogP contribution in [0.25, 0.3) is 11.0 Å². The second kappa shape index (κ2) is 5.54. The number of aryl methyl sites for hydroxylation is 1. The lowest BCUT2D eigenvalue weighted by Crippen LogP contribution is -2.51. The van der Waals surface area contributed by atoms with Gasteiger partial charge in [0.2, 0.25) is 0 Å². The Labute approximate surface area is 120 Å². The van der Waals surface area contributed by atoms with Gasteiger partial charge in [0.1, 0.15) is 5.82 Å². The molecule has 1 aliphatic heterocycles. The Morgan fingerprint density at radius 1 is 1.20 bits per heavy atom. The van der Waals surface area contributed by atoms with Crippen molar-refractivity contribution in [3.63, 3.8) is 0 Å². The zero-order chi connectivity index (χ0) is 14.1. The van der Waals surface area contributed by atoms with Crippen molar-refractivity contribution in [2.45, 2.75) is 51.7 Å². The van der Waals surface area contributed by atoms with Crippen molar-refractivity contribution in [2.75, 3.05) is 0 Å². The van der Waals surface area contributed by atoms with E-state index in [9.17, 15) is 0 Å². The van der Waals surface area contributed by atoms with E-state index in [0.29, 0.717) is 12.1 Å². The van der Waals surface area contributed by atoms with E-state index in [0.717, 1.165) is 17.9 Å². The number of aromatic nitrogens is 2. The highest BCUT2D eigenvalue weighted by Crippen LogP contribution is 2.21. The minimum absolute atomic E-state index is 0.605. The van der Waals surface area contributed by atoms with Gasteiger partial charge >= 0.3 is 0 Å². The standard InChI is InChI=1S/C16H24N4/c1-12-7-6-8-13(2)20(12)17-11-16-18-14-9-4-5-10-15(14)19(16)3/h4-5,9-10,12-13,17H,6-8,11H2,1-3H3. The third-order valence-electron chi connectivity index (χ3n) is 4.49. The van der Waals surface area contributed by atoms with Crippen molar-refractivity contribution in [2.24, 2.45) is 7.05 Å².